The van der Waals surface area contributed by atoms with E-state index in [0.29, 0.717) is 40.0 Å². The van der Waals surface area contributed by atoms with Gasteiger partial charge in [-0.15, -0.1) is 28.1 Å². The van der Waals surface area contributed by atoms with Gasteiger partial charge in [0.25, 0.3) is 5.91 Å². The summed E-state index contributed by atoms with van der Waals surface area (Å²) < 4.78 is 2.05. The first-order chi connectivity index (χ1) is 17.0. The summed E-state index contributed by atoms with van der Waals surface area (Å²) >= 11 is 2.83. The van der Waals surface area contributed by atoms with Crippen LogP contribution in [0.15, 0.2) is 48.1 Å². The van der Waals surface area contributed by atoms with Gasteiger partial charge in [-0.3, -0.25) is 9.59 Å². The molecule has 7 nitrogen and oxygen atoms in total. The first-order valence-electron chi connectivity index (χ1n) is 11.9. The number of thiophene rings is 1. The van der Waals surface area contributed by atoms with Gasteiger partial charge in [-0.1, -0.05) is 55.1 Å². The van der Waals surface area contributed by atoms with E-state index in [4.69, 9.17) is 5.73 Å². The van der Waals surface area contributed by atoms with Gasteiger partial charge in [0.1, 0.15) is 10.8 Å². The lowest BCUT2D eigenvalue weighted by molar-refractivity contribution is -0.113. The molecular formula is C26H29N5O2S2. The number of rotatable bonds is 9. The molecule has 9 heteroatoms. The van der Waals surface area contributed by atoms with E-state index < -0.39 is 5.91 Å². The molecule has 1 fully saturated rings. The van der Waals surface area contributed by atoms with E-state index in [1.165, 1.54) is 28.7 Å². The number of anilines is 1. The minimum atomic E-state index is -0.479. The Labute approximate surface area is 213 Å². The second-order valence-electron chi connectivity index (χ2n) is 9.36. The summed E-state index contributed by atoms with van der Waals surface area (Å²) in [4.78, 5) is 26.2. The zero-order chi connectivity index (χ0) is 24.5. The molecule has 0 radical (unpaired) electrons. The minimum absolute atomic E-state index is 0.166. The number of hydrogen-bond acceptors (Lipinski definition) is 6. The number of benzene rings is 1. The highest BCUT2D eigenvalue weighted by Crippen LogP contribution is 2.54. The van der Waals surface area contributed by atoms with Crippen LogP contribution in [0.2, 0.25) is 0 Å². The topological polar surface area (TPSA) is 103 Å². The van der Waals surface area contributed by atoms with Gasteiger partial charge in [0.2, 0.25) is 5.91 Å². The average molecular weight is 508 g/mol. The number of nitrogens with two attached hydrogens (primary N) is 1. The second-order valence-corrected chi connectivity index (χ2v) is 11.4. The summed E-state index contributed by atoms with van der Waals surface area (Å²) in [7, 11) is 0. The van der Waals surface area contributed by atoms with Gasteiger partial charge in [0.05, 0.1) is 11.3 Å². The minimum Gasteiger partial charge on any atom is -0.365 e. The maximum Gasteiger partial charge on any atom is 0.251 e. The van der Waals surface area contributed by atoms with Crippen LogP contribution in [0.25, 0.3) is 0 Å². The monoisotopic (exact) mass is 507 g/mol. The smallest absolute Gasteiger partial charge is 0.251 e. The molecule has 2 amide bonds. The highest BCUT2D eigenvalue weighted by molar-refractivity contribution is 7.99. The second kappa shape index (κ2) is 9.99. The molecule has 1 saturated carbocycles. The predicted molar refractivity (Wildman–Crippen MR) is 140 cm³/mol. The molecule has 0 saturated heterocycles. The number of fused-ring (bicyclic) bond motifs is 1. The van der Waals surface area contributed by atoms with Crippen molar-refractivity contribution in [2.24, 2.45) is 11.7 Å². The lowest BCUT2D eigenvalue weighted by Crippen LogP contribution is -2.20. The molecule has 35 heavy (non-hydrogen) atoms. The Morgan fingerprint density at radius 2 is 2.09 bits per heavy atom. The van der Waals surface area contributed by atoms with Gasteiger partial charge in [-0.2, -0.15) is 0 Å². The third-order valence-corrected chi connectivity index (χ3v) is 8.89. The van der Waals surface area contributed by atoms with Gasteiger partial charge in [-0.05, 0) is 48.6 Å². The largest absolute Gasteiger partial charge is 0.365 e. The molecule has 2 heterocycles. The fourth-order valence-corrected chi connectivity index (χ4v) is 7.11. The summed E-state index contributed by atoms with van der Waals surface area (Å²) in [6.07, 6.45) is 5.65. The van der Waals surface area contributed by atoms with Crippen molar-refractivity contribution in [3.63, 3.8) is 0 Å². The third-order valence-electron chi connectivity index (χ3n) is 6.75. The fourth-order valence-electron chi connectivity index (χ4n) is 4.92. The number of hydrogen-bond donors (Lipinski definition) is 2. The number of allylic oxidation sites excluding steroid dienone is 1. The SMILES string of the molecule is C=CCn1c(SCC(=O)Nc2sc3c(c2C(N)=O)CCC(C)C3)nnc1C1CC1c1ccccc1. The number of amides is 2. The highest BCUT2D eigenvalue weighted by Gasteiger charge is 2.43. The maximum atomic E-state index is 12.8. The zero-order valence-electron chi connectivity index (χ0n) is 19.7. The van der Waals surface area contributed by atoms with Crippen LogP contribution >= 0.6 is 23.1 Å². The van der Waals surface area contributed by atoms with Gasteiger partial charge in [0.15, 0.2) is 5.16 Å². The fraction of sp³-hybridized carbons (Fsp3) is 0.385. The van der Waals surface area contributed by atoms with Crippen LogP contribution in [-0.4, -0.2) is 32.3 Å². The van der Waals surface area contributed by atoms with Crippen molar-refractivity contribution in [2.45, 2.75) is 56.1 Å². The first kappa shape index (κ1) is 23.8. The molecular weight excluding hydrogens is 478 g/mol. The zero-order valence-corrected chi connectivity index (χ0v) is 21.3. The molecule has 3 aromatic rings. The Morgan fingerprint density at radius 3 is 2.83 bits per heavy atom. The van der Waals surface area contributed by atoms with E-state index >= 15 is 0 Å². The van der Waals surface area contributed by atoms with Crippen LogP contribution in [-0.2, 0) is 24.2 Å². The van der Waals surface area contributed by atoms with E-state index in [1.54, 1.807) is 0 Å². The molecule has 2 aromatic heterocycles. The van der Waals surface area contributed by atoms with E-state index in [9.17, 15) is 9.59 Å². The van der Waals surface area contributed by atoms with Gasteiger partial charge in [-0.25, -0.2) is 0 Å². The Hall–Kier alpha value is -2.91. The summed E-state index contributed by atoms with van der Waals surface area (Å²) in [5, 5.41) is 13.1. The number of nitrogens with zero attached hydrogens (tertiary/aromatic N) is 3. The molecule has 3 N–H and O–H groups in total. The summed E-state index contributed by atoms with van der Waals surface area (Å²) in [5.41, 5.74) is 8.49. The van der Waals surface area contributed by atoms with E-state index in [2.05, 4.69) is 57.8 Å². The Kier molecular flexibility index (Phi) is 6.80. The van der Waals surface area contributed by atoms with Crippen molar-refractivity contribution in [2.75, 3.05) is 11.1 Å². The van der Waals surface area contributed by atoms with E-state index in [-0.39, 0.29) is 11.7 Å². The lowest BCUT2D eigenvalue weighted by atomic mass is 9.88. The number of carbonyl (C=O) groups is 2. The van der Waals surface area contributed by atoms with Gasteiger partial charge < -0.3 is 15.6 Å². The van der Waals surface area contributed by atoms with Crippen molar-refractivity contribution in [1.29, 1.82) is 0 Å². The standard InChI is InChI=1S/C26H29N5O2S2/c1-3-11-31-24(19-13-18(19)16-7-5-4-6-8-16)29-30-26(31)34-14-21(32)28-25-22(23(27)33)17-10-9-15(2)12-20(17)35-25/h3-8,15,18-19H,1,9-14H2,2H3,(H2,27,33)(H,28,32). The molecule has 0 bridgehead atoms. The van der Waals surface area contributed by atoms with Crippen molar-refractivity contribution in [3.05, 3.63) is 70.4 Å². The summed E-state index contributed by atoms with van der Waals surface area (Å²) in [5.74, 6) is 1.78. The van der Waals surface area contributed by atoms with E-state index in [0.717, 1.165) is 41.9 Å². The van der Waals surface area contributed by atoms with Crippen molar-refractivity contribution in [3.8, 4) is 0 Å². The van der Waals surface area contributed by atoms with Crippen LogP contribution in [0.5, 0.6) is 0 Å². The van der Waals surface area contributed by atoms with Crippen LogP contribution in [0.4, 0.5) is 5.00 Å². The number of aromatic nitrogens is 3. The first-order valence-corrected chi connectivity index (χ1v) is 13.7. The number of thioether (sulfide) groups is 1. The van der Waals surface area contributed by atoms with Crippen LogP contribution in [0.3, 0.4) is 0 Å². The molecule has 5 rings (SSSR count). The summed E-state index contributed by atoms with van der Waals surface area (Å²) in [6, 6.07) is 10.5. The predicted octanol–water partition coefficient (Wildman–Crippen LogP) is 4.75. The Morgan fingerprint density at radius 1 is 1.29 bits per heavy atom. The molecule has 1 aromatic carbocycles. The number of nitrogens with one attached hydrogen (secondary N) is 1. The number of carbonyl (C=O) groups excluding carboxylic acids is 2. The van der Waals surface area contributed by atoms with Gasteiger partial charge in [0, 0.05) is 17.3 Å². The molecule has 3 atom stereocenters. The van der Waals surface area contributed by atoms with Crippen LogP contribution < -0.4 is 11.1 Å². The third kappa shape index (κ3) is 4.92. The average Bonchev–Trinajstić information content (AvgIpc) is 3.41. The van der Waals surface area contributed by atoms with E-state index in [1.807, 2.05) is 12.1 Å². The van der Waals surface area contributed by atoms with Crippen LogP contribution in [0.1, 0.15) is 63.8 Å². The molecule has 3 unspecified atom stereocenters. The normalized spacial score (nSPS) is 20.8. The molecule has 182 valence electrons. The van der Waals surface area contributed by atoms with Crippen molar-refractivity contribution >= 4 is 39.9 Å². The molecule has 0 spiro atoms. The van der Waals surface area contributed by atoms with Crippen molar-refractivity contribution in [1.82, 2.24) is 14.8 Å². The van der Waals surface area contributed by atoms with Gasteiger partial charge >= 0.3 is 0 Å². The molecule has 2 aliphatic carbocycles. The molecule has 2 aliphatic rings. The Bertz CT molecular complexity index is 1270. The maximum absolute atomic E-state index is 12.8. The number of primary amides is 1. The lowest BCUT2D eigenvalue weighted by Gasteiger charge is -2.18. The van der Waals surface area contributed by atoms with Crippen LogP contribution in [0, 0.1) is 5.92 Å². The molecule has 0 aliphatic heterocycles. The summed E-state index contributed by atoms with van der Waals surface area (Å²) in [6.45, 7) is 6.68. The van der Waals surface area contributed by atoms with Crippen molar-refractivity contribution < 1.29 is 9.59 Å². The Balaban J connectivity index is 1.27. The quantitative estimate of drug-likeness (QED) is 0.321. The highest BCUT2D eigenvalue weighted by atomic mass is 32.2.